The molecular formula is C39H50O24. The first kappa shape index (κ1) is 47.1. The van der Waals surface area contributed by atoms with E-state index >= 15 is 0 Å². The van der Waals surface area contributed by atoms with Gasteiger partial charge in [0.05, 0.1) is 30.8 Å². The van der Waals surface area contributed by atoms with Crippen molar-refractivity contribution in [1.29, 1.82) is 0 Å². The van der Waals surface area contributed by atoms with Crippen LogP contribution in [0.3, 0.4) is 0 Å². The fourth-order valence-electron chi connectivity index (χ4n) is 7.61. The minimum Gasteiger partial charge on any atom is -0.508 e. The lowest BCUT2D eigenvalue weighted by atomic mass is 9.96. The number of phenolic OH excluding ortho intramolecular Hbond substituents is 3. The molecule has 24 nitrogen and oxygen atoms in total. The van der Waals surface area contributed by atoms with Crippen LogP contribution in [0.15, 0.2) is 45.6 Å². The Hall–Kier alpha value is -3.87. The van der Waals surface area contributed by atoms with Crippen LogP contribution in [-0.2, 0) is 33.2 Å². The van der Waals surface area contributed by atoms with Gasteiger partial charge >= 0.3 is 0 Å². The van der Waals surface area contributed by atoms with Crippen LogP contribution in [0.2, 0.25) is 0 Å². The number of aromatic hydroxyl groups is 3. The second-order valence-electron chi connectivity index (χ2n) is 15.7. The molecule has 7 rings (SSSR count). The van der Waals surface area contributed by atoms with E-state index in [-0.39, 0.29) is 28.0 Å². The van der Waals surface area contributed by atoms with Crippen molar-refractivity contribution in [2.24, 2.45) is 0 Å². The summed E-state index contributed by atoms with van der Waals surface area (Å²) in [4.78, 5) is 14.2. The molecule has 0 unspecified atom stereocenters. The van der Waals surface area contributed by atoms with Crippen LogP contribution < -0.4 is 10.2 Å². The van der Waals surface area contributed by atoms with E-state index in [4.69, 9.17) is 42.3 Å². The molecule has 5 heterocycles. The Balaban J connectivity index is 1.23. The van der Waals surface area contributed by atoms with Gasteiger partial charge in [-0.15, -0.1) is 0 Å². The number of rotatable bonds is 11. The number of ether oxygens (including phenoxy) is 8. The van der Waals surface area contributed by atoms with Crippen molar-refractivity contribution in [3.63, 3.8) is 0 Å². The minimum atomic E-state index is -2.12. The average Bonchev–Trinajstić information content (AvgIpc) is 3.25. The molecule has 24 heteroatoms. The first-order chi connectivity index (χ1) is 29.8. The third-order valence-corrected chi connectivity index (χ3v) is 11.4. The van der Waals surface area contributed by atoms with Crippen molar-refractivity contribution in [2.45, 2.75) is 137 Å². The van der Waals surface area contributed by atoms with Gasteiger partial charge in [-0.25, -0.2) is 0 Å². The summed E-state index contributed by atoms with van der Waals surface area (Å²) in [5.41, 5.74) is -1.14. The summed E-state index contributed by atoms with van der Waals surface area (Å²) in [6.45, 7) is 1.15. The van der Waals surface area contributed by atoms with Crippen LogP contribution in [0.5, 0.6) is 23.0 Å². The standard InChI is InChI=1S/C39H50O24/c1-11-21(44)26(49)29(52)36(56-11)55-10-20-25(48)28(51)35(63-38-31(54)33(22(45)12(2)57-38)61-37-30(53)27(50)24(47)19(9-40)59-37)39(60-20)62-34-23(46)15-7-16(42)17(43)8-18(15)58-32(34)13-3-5-14(41)6-4-13/h3-8,11-12,19-22,24-31,33,35-45,47-54H,9-10H2,1-2H3/t11-,12-,19+,20+,21-,22-,24+,25-,26+,27-,28-,29+,30+,31+,33+,35+,36+,37-,38-,39-/m0/s1. The van der Waals surface area contributed by atoms with Crippen molar-refractivity contribution >= 4 is 11.0 Å². The summed E-state index contributed by atoms with van der Waals surface area (Å²) in [5, 5.41) is 148. The molecule has 1 aromatic heterocycles. The molecule has 14 N–H and O–H groups in total. The van der Waals surface area contributed by atoms with E-state index in [1.807, 2.05) is 0 Å². The molecule has 4 fully saturated rings. The highest BCUT2D eigenvalue weighted by Crippen LogP contribution is 2.39. The van der Waals surface area contributed by atoms with E-state index in [0.29, 0.717) is 0 Å². The molecule has 0 aliphatic carbocycles. The molecule has 350 valence electrons. The molecule has 0 amide bonds. The third-order valence-electron chi connectivity index (χ3n) is 11.4. The van der Waals surface area contributed by atoms with Gasteiger partial charge in [0, 0.05) is 11.6 Å². The zero-order chi connectivity index (χ0) is 45.8. The number of benzene rings is 2. The molecule has 0 spiro atoms. The van der Waals surface area contributed by atoms with Crippen molar-refractivity contribution in [2.75, 3.05) is 13.2 Å². The monoisotopic (exact) mass is 902 g/mol. The zero-order valence-corrected chi connectivity index (χ0v) is 33.3. The fourth-order valence-corrected chi connectivity index (χ4v) is 7.61. The SMILES string of the molecule is C[C@@H]1O[C@@H](OC[C@H]2O[C@@H](Oc3c(-c4ccc(O)cc4)oc4cc(O)c(O)cc4c3=O)[C@H](O[C@@H]3O[C@@H](C)[C@H](O)[C@@H](O[C@@H]4O[C@H](CO)[C@@H](O)[C@H](O)[C@H]4O)[C@H]3O)[C@@H](O)[C@H]2O)[C@H](O)[C@H](O)[C@H]1O. The highest BCUT2D eigenvalue weighted by molar-refractivity contribution is 5.85. The van der Waals surface area contributed by atoms with Crippen LogP contribution >= 0.6 is 0 Å². The lowest BCUT2D eigenvalue weighted by molar-refractivity contribution is -0.379. The van der Waals surface area contributed by atoms with Gasteiger partial charge in [-0.3, -0.25) is 4.79 Å². The van der Waals surface area contributed by atoms with Crippen LogP contribution in [0, 0.1) is 0 Å². The van der Waals surface area contributed by atoms with E-state index in [1.165, 1.54) is 38.1 Å². The number of hydrogen-bond acceptors (Lipinski definition) is 24. The number of fused-ring (bicyclic) bond motifs is 1. The molecule has 0 radical (unpaired) electrons. The van der Waals surface area contributed by atoms with Crippen molar-refractivity contribution in [1.82, 2.24) is 0 Å². The predicted octanol–water partition coefficient (Wildman–Crippen LogP) is -4.72. The van der Waals surface area contributed by atoms with Crippen molar-refractivity contribution in [3.8, 4) is 34.3 Å². The van der Waals surface area contributed by atoms with Gasteiger partial charge in [0.25, 0.3) is 0 Å². The first-order valence-corrected chi connectivity index (χ1v) is 19.8. The van der Waals surface area contributed by atoms with Crippen LogP contribution in [0.4, 0.5) is 0 Å². The number of phenols is 3. The van der Waals surface area contributed by atoms with Gasteiger partial charge in [-0.1, -0.05) is 0 Å². The molecule has 63 heavy (non-hydrogen) atoms. The average molecular weight is 903 g/mol. The maximum absolute atomic E-state index is 14.2. The van der Waals surface area contributed by atoms with Crippen molar-refractivity contribution < 1.29 is 114 Å². The van der Waals surface area contributed by atoms with Crippen LogP contribution in [0.1, 0.15) is 13.8 Å². The molecular weight excluding hydrogens is 852 g/mol. The predicted molar refractivity (Wildman–Crippen MR) is 202 cm³/mol. The second-order valence-corrected chi connectivity index (χ2v) is 15.7. The summed E-state index contributed by atoms with van der Waals surface area (Å²) in [5.74, 6) is -2.59. The first-order valence-electron chi connectivity index (χ1n) is 19.8. The zero-order valence-electron chi connectivity index (χ0n) is 33.3. The molecule has 4 aliphatic rings. The largest absolute Gasteiger partial charge is 0.508 e. The molecule has 2 aromatic carbocycles. The third kappa shape index (κ3) is 9.19. The van der Waals surface area contributed by atoms with Gasteiger partial charge in [0.1, 0.15) is 90.7 Å². The second kappa shape index (κ2) is 18.9. The number of aliphatic hydroxyl groups excluding tert-OH is 11. The van der Waals surface area contributed by atoms with E-state index < -0.39 is 159 Å². The van der Waals surface area contributed by atoms with Gasteiger partial charge in [-0.05, 0) is 44.2 Å². The lowest BCUT2D eigenvalue weighted by Crippen LogP contribution is -2.66. The van der Waals surface area contributed by atoms with E-state index in [0.717, 1.165) is 12.1 Å². The van der Waals surface area contributed by atoms with E-state index in [1.54, 1.807) is 0 Å². The number of hydrogen-bond donors (Lipinski definition) is 14. The normalized spacial score (nSPS) is 41.1. The van der Waals surface area contributed by atoms with E-state index in [9.17, 15) is 76.3 Å². The van der Waals surface area contributed by atoms with Crippen molar-refractivity contribution in [3.05, 3.63) is 46.6 Å². The highest BCUT2D eigenvalue weighted by Gasteiger charge is 2.54. The smallest absolute Gasteiger partial charge is 0.235 e. The lowest BCUT2D eigenvalue weighted by Gasteiger charge is -2.48. The maximum atomic E-state index is 14.2. The fraction of sp³-hybridized carbons (Fsp3) is 0.615. The highest BCUT2D eigenvalue weighted by atomic mass is 16.8. The Kier molecular flexibility index (Phi) is 14.1. The Morgan fingerprint density at radius 1 is 0.571 bits per heavy atom. The summed E-state index contributed by atoms with van der Waals surface area (Å²) >= 11 is 0. The molecule has 20 atom stereocenters. The summed E-state index contributed by atoms with van der Waals surface area (Å²) in [7, 11) is 0. The van der Waals surface area contributed by atoms with Gasteiger partial charge in [-0.2, -0.15) is 0 Å². The summed E-state index contributed by atoms with van der Waals surface area (Å²) in [6.07, 6.45) is -35.1. The Labute approximate surface area is 355 Å². The van der Waals surface area contributed by atoms with Gasteiger partial charge in [0.15, 0.2) is 42.2 Å². The molecule has 0 saturated carbocycles. The quantitative estimate of drug-likeness (QED) is 0.0804. The molecule has 4 aliphatic heterocycles. The Morgan fingerprint density at radius 2 is 1.13 bits per heavy atom. The van der Waals surface area contributed by atoms with Gasteiger partial charge < -0.3 is 114 Å². The summed E-state index contributed by atoms with van der Waals surface area (Å²) < 4.78 is 52.1. The van der Waals surface area contributed by atoms with Crippen LogP contribution in [0.25, 0.3) is 22.3 Å². The molecule has 3 aromatic rings. The Morgan fingerprint density at radius 3 is 1.81 bits per heavy atom. The molecule has 4 saturated heterocycles. The maximum Gasteiger partial charge on any atom is 0.235 e. The van der Waals surface area contributed by atoms with E-state index in [2.05, 4.69) is 0 Å². The minimum absolute atomic E-state index is 0.100. The number of aliphatic hydroxyl groups is 11. The van der Waals surface area contributed by atoms with Crippen LogP contribution in [-0.4, -0.2) is 208 Å². The summed E-state index contributed by atoms with van der Waals surface area (Å²) in [6, 6.07) is 6.97. The molecule has 0 bridgehead atoms. The Bertz CT molecular complexity index is 2080. The van der Waals surface area contributed by atoms with Gasteiger partial charge in [0.2, 0.25) is 17.5 Å². The topological polar surface area (TPSA) is 387 Å².